The number of aromatic nitrogens is 1. The van der Waals surface area contributed by atoms with Crippen molar-refractivity contribution >= 4 is 0 Å². The molecule has 6 rings (SSSR count). The van der Waals surface area contributed by atoms with Crippen molar-refractivity contribution in [1.29, 1.82) is 0 Å². The van der Waals surface area contributed by atoms with Crippen molar-refractivity contribution in [1.82, 2.24) is 0 Å². The summed E-state index contributed by atoms with van der Waals surface area (Å²) in [6, 6.07) is 37.4. The highest BCUT2D eigenvalue weighted by atomic mass is 16.5. The molecular formula is C30H28NO+. The van der Waals surface area contributed by atoms with Crippen LogP contribution in [0.4, 0.5) is 0 Å². The molecule has 1 atom stereocenters. The monoisotopic (exact) mass is 418 g/mol. The number of ether oxygens (including phenoxy) is 1. The molecule has 0 bridgehead atoms. The van der Waals surface area contributed by atoms with Crippen LogP contribution < -0.4 is 4.57 Å². The van der Waals surface area contributed by atoms with Crippen LogP contribution in [0.1, 0.15) is 31.7 Å². The lowest BCUT2D eigenvalue weighted by Crippen LogP contribution is -2.49. The van der Waals surface area contributed by atoms with Gasteiger partial charge in [0.1, 0.15) is 6.61 Å². The molecule has 2 heterocycles. The molecule has 1 aliphatic heterocycles. The van der Waals surface area contributed by atoms with Crippen LogP contribution in [-0.2, 0) is 4.74 Å². The smallest absolute Gasteiger partial charge is 0.213 e. The predicted molar refractivity (Wildman–Crippen MR) is 129 cm³/mol. The SMILES string of the molecule is c1ccc(-c2cc(-c3ccccc3)[n+](C3CCC4(CC4)OC3)c(-c3ccccc3)c2)cc1. The highest BCUT2D eigenvalue weighted by molar-refractivity contribution is 5.73. The zero-order chi connectivity index (χ0) is 21.4. The molecule has 32 heavy (non-hydrogen) atoms. The third kappa shape index (κ3) is 3.65. The number of benzene rings is 3. The molecule has 4 aromatic rings. The van der Waals surface area contributed by atoms with Crippen LogP contribution in [0.25, 0.3) is 33.6 Å². The highest BCUT2D eigenvalue weighted by Crippen LogP contribution is 2.48. The van der Waals surface area contributed by atoms with Gasteiger partial charge in [0.25, 0.3) is 0 Å². The molecule has 1 aromatic heterocycles. The Kier molecular flexibility index (Phi) is 4.88. The lowest BCUT2D eigenvalue weighted by atomic mass is 9.96. The summed E-state index contributed by atoms with van der Waals surface area (Å²) >= 11 is 0. The average Bonchev–Trinajstić information content (AvgIpc) is 3.64. The Balaban J connectivity index is 1.58. The van der Waals surface area contributed by atoms with Crippen LogP contribution in [0.3, 0.4) is 0 Å². The van der Waals surface area contributed by atoms with E-state index in [1.165, 1.54) is 46.5 Å². The second-order valence-electron chi connectivity index (χ2n) is 9.17. The van der Waals surface area contributed by atoms with Gasteiger partial charge in [-0.3, -0.25) is 0 Å². The standard InChI is InChI=1S/C30H28NO/c1-4-10-23(11-5-1)26-20-28(24-12-6-2-7-13-24)31(27-16-17-30(18-19-30)32-22-27)29(21-26)25-14-8-3-9-15-25/h1-15,20-21,27H,16-19,22H2/q+1. The molecule has 1 saturated carbocycles. The second-order valence-corrected chi connectivity index (χ2v) is 9.17. The van der Waals surface area contributed by atoms with E-state index in [2.05, 4.69) is 108 Å². The number of hydrogen-bond donors (Lipinski definition) is 0. The van der Waals surface area contributed by atoms with E-state index < -0.39 is 0 Å². The Bertz CT molecular complexity index is 1140. The van der Waals surface area contributed by atoms with E-state index in [1.807, 2.05) is 0 Å². The van der Waals surface area contributed by atoms with Crippen molar-refractivity contribution in [3.05, 3.63) is 103 Å². The molecule has 1 spiro atoms. The Morgan fingerprint density at radius 1 is 0.594 bits per heavy atom. The van der Waals surface area contributed by atoms with Gasteiger partial charge in [0.2, 0.25) is 11.4 Å². The summed E-state index contributed by atoms with van der Waals surface area (Å²) in [6.07, 6.45) is 4.78. The van der Waals surface area contributed by atoms with Crippen LogP contribution in [0.5, 0.6) is 0 Å². The molecule has 1 saturated heterocycles. The van der Waals surface area contributed by atoms with E-state index in [0.717, 1.165) is 19.4 Å². The molecule has 2 nitrogen and oxygen atoms in total. The predicted octanol–water partition coefficient (Wildman–Crippen LogP) is 6.86. The molecule has 0 N–H and O–H groups in total. The van der Waals surface area contributed by atoms with Crippen molar-refractivity contribution in [3.63, 3.8) is 0 Å². The fourth-order valence-corrected chi connectivity index (χ4v) is 5.05. The quantitative estimate of drug-likeness (QED) is 0.330. The fraction of sp³-hybridized carbons (Fsp3) is 0.233. The zero-order valence-corrected chi connectivity index (χ0v) is 18.3. The summed E-state index contributed by atoms with van der Waals surface area (Å²) in [5.74, 6) is 0. The molecule has 0 amide bonds. The molecule has 2 fully saturated rings. The summed E-state index contributed by atoms with van der Waals surface area (Å²) in [5, 5.41) is 0. The van der Waals surface area contributed by atoms with Gasteiger partial charge in [-0.05, 0) is 54.7 Å². The van der Waals surface area contributed by atoms with Gasteiger partial charge < -0.3 is 4.74 Å². The Labute approximate surface area is 190 Å². The Hall–Kier alpha value is -3.23. The Morgan fingerprint density at radius 2 is 1.09 bits per heavy atom. The van der Waals surface area contributed by atoms with Crippen LogP contribution in [0.15, 0.2) is 103 Å². The topological polar surface area (TPSA) is 13.1 Å². The van der Waals surface area contributed by atoms with Crippen LogP contribution in [0.2, 0.25) is 0 Å². The molecule has 3 aromatic carbocycles. The first kappa shape index (κ1) is 19.5. The van der Waals surface area contributed by atoms with Crippen molar-refractivity contribution in [3.8, 4) is 33.6 Å². The summed E-state index contributed by atoms with van der Waals surface area (Å²) in [7, 11) is 0. The molecular weight excluding hydrogens is 390 g/mol. The maximum atomic E-state index is 6.42. The van der Waals surface area contributed by atoms with Crippen molar-refractivity contribution in [2.24, 2.45) is 0 Å². The van der Waals surface area contributed by atoms with E-state index in [1.54, 1.807) is 0 Å². The largest absolute Gasteiger partial charge is 0.368 e. The summed E-state index contributed by atoms with van der Waals surface area (Å²) in [6.45, 7) is 0.787. The molecule has 0 radical (unpaired) electrons. The first-order valence-corrected chi connectivity index (χ1v) is 11.7. The molecule has 1 aliphatic carbocycles. The number of hydrogen-bond acceptors (Lipinski definition) is 1. The molecule has 1 unspecified atom stereocenters. The fourth-order valence-electron chi connectivity index (χ4n) is 5.05. The van der Waals surface area contributed by atoms with Gasteiger partial charge in [-0.1, -0.05) is 66.7 Å². The maximum Gasteiger partial charge on any atom is 0.213 e. The van der Waals surface area contributed by atoms with Gasteiger partial charge >= 0.3 is 0 Å². The van der Waals surface area contributed by atoms with E-state index in [0.29, 0.717) is 6.04 Å². The summed E-state index contributed by atoms with van der Waals surface area (Å²) in [4.78, 5) is 0. The maximum absolute atomic E-state index is 6.42. The van der Waals surface area contributed by atoms with Gasteiger partial charge in [-0.2, -0.15) is 4.57 Å². The molecule has 2 heteroatoms. The third-order valence-corrected chi connectivity index (χ3v) is 7.04. The lowest BCUT2D eigenvalue weighted by Gasteiger charge is -2.28. The lowest BCUT2D eigenvalue weighted by molar-refractivity contribution is -0.708. The second kappa shape index (κ2) is 8.03. The average molecular weight is 419 g/mol. The first-order valence-electron chi connectivity index (χ1n) is 11.7. The van der Waals surface area contributed by atoms with Crippen LogP contribution in [0, 0.1) is 0 Å². The number of rotatable bonds is 4. The van der Waals surface area contributed by atoms with Crippen molar-refractivity contribution in [2.75, 3.05) is 6.61 Å². The van der Waals surface area contributed by atoms with Crippen molar-refractivity contribution < 1.29 is 9.30 Å². The van der Waals surface area contributed by atoms with Gasteiger partial charge in [0, 0.05) is 29.7 Å². The van der Waals surface area contributed by atoms with E-state index in [-0.39, 0.29) is 5.60 Å². The van der Waals surface area contributed by atoms with Gasteiger partial charge in [-0.15, -0.1) is 0 Å². The minimum atomic E-state index is 0.195. The van der Waals surface area contributed by atoms with E-state index >= 15 is 0 Å². The first-order chi connectivity index (χ1) is 15.8. The number of nitrogens with zero attached hydrogens (tertiary/aromatic N) is 1. The van der Waals surface area contributed by atoms with E-state index in [9.17, 15) is 0 Å². The van der Waals surface area contributed by atoms with Crippen LogP contribution >= 0.6 is 0 Å². The normalized spacial score (nSPS) is 19.1. The minimum Gasteiger partial charge on any atom is -0.368 e. The minimum absolute atomic E-state index is 0.195. The van der Waals surface area contributed by atoms with Gasteiger partial charge in [-0.25, -0.2) is 0 Å². The van der Waals surface area contributed by atoms with Crippen molar-refractivity contribution in [2.45, 2.75) is 37.3 Å². The Morgan fingerprint density at radius 3 is 1.53 bits per heavy atom. The summed E-state index contributed by atoms with van der Waals surface area (Å²) in [5.41, 5.74) is 7.68. The third-order valence-electron chi connectivity index (χ3n) is 7.04. The molecule has 158 valence electrons. The van der Waals surface area contributed by atoms with Gasteiger partial charge in [0.15, 0.2) is 6.04 Å². The number of pyridine rings is 1. The zero-order valence-electron chi connectivity index (χ0n) is 18.3. The van der Waals surface area contributed by atoms with E-state index in [4.69, 9.17) is 4.74 Å². The summed E-state index contributed by atoms with van der Waals surface area (Å²) < 4.78 is 8.97. The molecule has 2 aliphatic rings. The van der Waals surface area contributed by atoms with Gasteiger partial charge in [0.05, 0.1) is 5.60 Å². The highest BCUT2D eigenvalue weighted by Gasteiger charge is 2.49. The van der Waals surface area contributed by atoms with Crippen LogP contribution in [-0.4, -0.2) is 12.2 Å².